The number of nitrogens with two attached hydrogens (primary N) is 1. The quantitative estimate of drug-likeness (QED) is 0.418. The Balaban J connectivity index is 3.65. The fraction of sp³-hybridized carbons (Fsp3) is 0. The molecule has 0 fully saturated rings. The first kappa shape index (κ1) is 6.75. The molecule has 0 atom stereocenters. The first-order valence-electron chi connectivity index (χ1n) is 1.94. The predicted octanol–water partition coefficient (Wildman–Crippen LogP) is 0.146. The van der Waals surface area contributed by atoms with Crippen LogP contribution in [-0.2, 0) is 9.53 Å². The minimum Gasteiger partial charge on any atom is -0.460 e. The largest absolute Gasteiger partial charge is 0.460 e. The summed E-state index contributed by atoms with van der Waals surface area (Å²) in [5.41, 5.74) is 4.71. The van der Waals surface area contributed by atoms with Gasteiger partial charge in [0.25, 0.3) is 5.91 Å². The number of primary amides is 1. The normalized spacial score (nSPS) is 7.50. The van der Waals surface area contributed by atoms with Crippen molar-refractivity contribution in [3.8, 4) is 0 Å². The minimum absolute atomic E-state index is 0.0972. The van der Waals surface area contributed by atoms with Gasteiger partial charge in [-0.1, -0.05) is 13.2 Å². The van der Waals surface area contributed by atoms with Gasteiger partial charge in [-0.15, -0.1) is 0 Å². The molecule has 0 radical (unpaired) electrons. The van der Waals surface area contributed by atoms with Gasteiger partial charge in [-0.2, -0.15) is 0 Å². The Labute approximate surface area is 47.4 Å². The molecule has 2 N–H and O–H groups in total. The van der Waals surface area contributed by atoms with E-state index < -0.39 is 5.91 Å². The van der Waals surface area contributed by atoms with Crippen LogP contribution in [0.5, 0.6) is 0 Å². The molecule has 0 aromatic carbocycles. The van der Waals surface area contributed by atoms with Gasteiger partial charge in [-0.25, -0.2) is 0 Å². The minimum atomic E-state index is -0.676. The highest BCUT2D eigenvalue weighted by molar-refractivity contribution is 5.89. The lowest BCUT2D eigenvalue weighted by Gasteiger charge is -1.94. The molecule has 0 aliphatic heterocycles. The standard InChI is InChI=1S/C5H7NO2/c1-3-8-4(2)5(6)7/h3H,1-2H2,(H2,6,7). The number of hydrogen-bond acceptors (Lipinski definition) is 2. The molecule has 0 rings (SSSR count). The Hall–Kier alpha value is -1.25. The molecule has 0 saturated carbocycles. The number of hydrogen-bond donors (Lipinski definition) is 1. The number of rotatable bonds is 3. The molecule has 0 bridgehead atoms. The first-order chi connectivity index (χ1) is 3.68. The smallest absolute Gasteiger partial charge is 0.283 e. The van der Waals surface area contributed by atoms with E-state index in [0.29, 0.717) is 0 Å². The molecule has 0 aliphatic rings. The fourth-order valence-corrected chi connectivity index (χ4v) is 0.159. The zero-order valence-electron chi connectivity index (χ0n) is 4.39. The second kappa shape index (κ2) is 2.85. The van der Waals surface area contributed by atoms with E-state index in [9.17, 15) is 4.79 Å². The maximum absolute atomic E-state index is 10.0. The molecule has 3 heteroatoms. The van der Waals surface area contributed by atoms with E-state index in [4.69, 9.17) is 5.73 Å². The molecule has 8 heavy (non-hydrogen) atoms. The lowest BCUT2D eigenvalue weighted by Crippen LogP contribution is -2.13. The van der Waals surface area contributed by atoms with Gasteiger partial charge in [0.2, 0.25) is 0 Å². The topological polar surface area (TPSA) is 52.3 Å². The van der Waals surface area contributed by atoms with Crippen molar-refractivity contribution in [3.05, 3.63) is 25.2 Å². The van der Waals surface area contributed by atoms with Crippen molar-refractivity contribution in [1.82, 2.24) is 0 Å². The highest BCUT2D eigenvalue weighted by Gasteiger charge is 1.96. The molecule has 0 aromatic heterocycles. The highest BCUT2D eigenvalue weighted by Crippen LogP contribution is 1.88. The van der Waals surface area contributed by atoms with Crippen LogP contribution < -0.4 is 5.73 Å². The average Bonchev–Trinajstić information content (AvgIpc) is 1.67. The van der Waals surface area contributed by atoms with Crippen molar-refractivity contribution in [2.24, 2.45) is 5.73 Å². The van der Waals surface area contributed by atoms with E-state index in [1.54, 1.807) is 0 Å². The van der Waals surface area contributed by atoms with Gasteiger partial charge in [-0.3, -0.25) is 4.79 Å². The van der Waals surface area contributed by atoms with E-state index in [0.717, 1.165) is 6.26 Å². The van der Waals surface area contributed by atoms with E-state index >= 15 is 0 Å². The first-order valence-corrected chi connectivity index (χ1v) is 1.94. The van der Waals surface area contributed by atoms with Gasteiger partial charge in [0.1, 0.15) is 0 Å². The number of carbonyl (C=O) groups excluding carboxylic acids is 1. The Bertz CT molecular complexity index is 128. The summed E-state index contributed by atoms with van der Waals surface area (Å²) >= 11 is 0. The van der Waals surface area contributed by atoms with E-state index in [1.807, 2.05) is 0 Å². The maximum atomic E-state index is 10.0. The summed E-state index contributed by atoms with van der Waals surface area (Å²) in [6.07, 6.45) is 1.09. The summed E-state index contributed by atoms with van der Waals surface area (Å²) < 4.78 is 4.40. The van der Waals surface area contributed by atoms with E-state index in [1.165, 1.54) is 0 Å². The molecule has 0 spiro atoms. The Morgan fingerprint density at radius 2 is 2.25 bits per heavy atom. The van der Waals surface area contributed by atoms with Crippen molar-refractivity contribution in [2.45, 2.75) is 0 Å². The SMILES string of the molecule is C=COC(=C)C(N)=O. The monoisotopic (exact) mass is 113 g/mol. The van der Waals surface area contributed by atoms with Crippen LogP contribution in [0.3, 0.4) is 0 Å². The molecule has 3 nitrogen and oxygen atoms in total. The zero-order chi connectivity index (χ0) is 6.57. The van der Waals surface area contributed by atoms with Crippen molar-refractivity contribution >= 4 is 5.91 Å². The van der Waals surface area contributed by atoms with Crippen LogP contribution >= 0.6 is 0 Å². The van der Waals surface area contributed by atoms with E-state index in [-0.39, 0.29) is 5.76 Å². The Morgan fingerprint density at radius 3 is 2.38 bits per heavy atom. The molecule has 0 heterocycles. The Kier molecular flexibility index (Phi) is 2.40. The molecular weight excluding hydrogens is 106 g/mol. The van der Waals surface area contributed by atoms with Crippen molar-refractivity contribution < 1.29 is 9.53 Å². The van der Waals surface area contributed by atoms with Gasteiger partial charge in [0, 0.05) is 0 Å². The summed E-state index contributed by atoms with van der Waals surface area (Å²) in [5.74, 6) is -0.773. The van der Waals surface area contributed by atoms with Crippen LogP contribution in [0.15, 0.2) is 25.2 Å². The van der Waals surface area contributed by atoms with Crippen LogP contribution in [0.25, 0.3) is 0 Å². The maximum Gasteiger partial charge on any atom is 0.283 e. The van der Waals surface area contributed by atoms with Gasteiger partial charge in [0.15, 0.2) is 5.76 Å². The molecule has 44 valence electrons. The lowest BCUT2D eigenvalue weighted by molar-refractivity contribution is -0.116. The van der Waals surface area contributed by atoms with Gasteiger partial charge < -0.3 is 10.5 Å². The van der Waals surface area contributed by atoms with Crippen LogP contribution in [0.2, 0.25) is 0 Å². The van der Waals surface area contributed by atoms with Crippen LogP contribution in [0, 0.1) is 0 Å². The fourth-order valence-electron chi connectivity index (χ4n) is 0.159. The highest BCUT2D eigenvalue weighted by atomic mass is 16.5. The molecule has 0 aliphatic carbocycles. The third-order valence-electron chi connectivity index (χ3n) is 0.500. The van der Waals surface area contributed by atoms with E-state index in [2.05, 4.69) is 17.9 Å². The van der Waals surface area contributed by atoms with Gasteiger partial charge >= 0.3 is 0 Å². The van der Waals surface area contributed by atoms with Crippen LogP contribution in [-0.4, -0.2) is 5.91 Å². The molecule has 0 aromatic rings. The molecule has 1 amide bonds. The lowest BCUT2D eigenvalue weighted by atomic mass is 10.5. The van der Waals surface area contributed by atoms with Crippen molar-refractivity contribution in [1.29, 1.82) is 0 Å². The molecular formula is C5H7NO2. The summed E-state index contributed by atoms with van der Waals surface area (Å²) in [7, 11) is 0. The van der Waals surface area contributed by atoms with Gasteiger partial charge in [0.05, 0.1) is 6.26 Å². The number of amides is 1. The van der Waals surface area contributed by atoms with Crippen molar-refractivity contribution in [3.63, 3.8) is 0 Å². The summed E-state index contributed by atoms with van der Waals surface area (Å²) in [6.45, 7) is 6.37. The molecule has 0 unspecified atom stereocenters. The zero-order valence-corrected chi connectivity index (χ0v) is 4.39. The second-order valence-corrected chi connectivity index (χ2v) is 1.07. The van der Waals surface area contributed by atoms with Crippen molar-refractivity contribution in [2.75, 3.05) is 0 Å². The predicted molar refractivity (Wildman–Crippen MR) is 29.6 cm³/mol. The van der Waals surface area contributed by atoms with Crippen LogP contribution in [0.1, 0.15) is 0 Å². The summed E-state index contributed by atoms with van der Waals surface area (Å²) in [6, 6.07) is 0. The summed E-state index contributed by atoms with van der Waals surface area (Å²) in [5, 5.41) is 0. The average molecular weight is 113 g/mol. The third kappa shape index (κ3) is 2.02. The van der Waals surface area contributed by atoms with Crippen LogP contribution in [0.4, 0.5) is 0 Å². The Morgan fingerprint density at radius 1 is 1.75 bits per heavy atom. The number of carbonyl (C=O) groups is 1. The number of ether oxygens (including phenoxy) is 1. The molecule has 0 saturated heterocycles. The second-order valence-electron chi connectivity index (χ2n) is 1.07. The summed E-state index contributed by atoms with van der Waals surface area (Å²) in [4.78, 5) is 10.0. The van der Waals surface area contributed by atoms with Gasteiger partial charge in [-0.05, 0) is 0 Å². The third-order valence-corrected chi connectivity index (χ3v) is 0.500.